The van der Waals surface area contributed by atoms with Gasteiger partial charge in [-0.3, -0.25) is 20.4 Å². The van der Waals surface area contributed by atoms with Crippen LogP contribution in [0.4, 0.5) is 8.78 Å². The molecule has 0 radical (unpaired) electrons. The van der Waals surface area contributed by atoms with Crippen LogP contribution in [0.3, 0.4) is 0 Å². The number of hydrazine groups is 1. The van der Waals surface area contributed by atoms with Crippen LogP contribution in [0.1, 0.15) is 15.9 Å². The molecule has 0 heterocycles. The highest BCUT2D eigenvalue weighted by molar-refractivity contribution is 6.30. The minimum absolute atomic E-state index is 0.0189. The van der Waals surface area contributed by atoms with E-state index < -0.39 is 18.4 Å². The third-order valence-corrected chi connectivity index (χ3v) is 3.15. The quantitative estimate of drug-likeness (QED) is 0.629. The lowest BCUT2D eigenvalue weighted by atomic mass is 10.2. The second-order valence-corrected chi connectivity index (χ2v) is 5.17. The number of rotatable bonds is 5. The van der Waals surface area contributed by atoms with Crippen LogP contribution in [-0.4, -0.2) is 18.4 Å². The molecule has 5 nitrogen and oxygen atoms in total. The van der Waals surface area contributed by atoms with Crippen LogP contribution in [-0.2, 0) is 4.79 Å². The van der Waals surface area contributed by atoms with Gasteiger partial charge in [0.05, 0.1) is 0 Å². The molecule has 0 saturated heterocycles. The van der Waals surface area contributed by atoms with Crippen molar-refractivity contribution >= 4 is 29.5 Å². The molecule has 0 aliphatic rings. The molecule has 2 amide bonds. The summed E-state index contributed by atoms with van der Waals surface area (Å²) in [6.45, 7) is -2.89. The van der Waals surface area contributed by atoms with Crippen molar-refractivity contribution in [2.45, 2.75) is 6.61 Å². The van der Waals surface area contributed by atoms with E-state index in [1.807, 2.05) is 0 Å². The van der Waals surface area contributed by atoms with Gasteiger partial charge < -0.3 is 4.74 Å². The van der Waals surface area contributed by atoms with E-state index in [4.69, 9.17) is 11.6 Å². The number of amides is 2. The number of benzene rings is 2. The van der Waals surface area contributed by atoms with Crippen LogP contribution in [0.15, 0.2) is 54.6 Å². The molecule has 0 aliphatic carbocycles. The average Bonchev–Trinajstić information content (AvgIpc) is 2.58. The minimum atomic E-state index is -2.89. The first-order chi connectivity index (χ1) is 11.9. The first kappa shape index (κ1) is 18.4. The third kappa shape index (κ3) is 6.23. The third-order valence-electron chi connectivity index (χ3n) is 2.92. The molecule has 0 aliphatic heterocycles. The molecule has 2 aromatic carbocycles. The van der Waals surface area contributed by atoms with Crippen molar-refractivity contribution in [2.75, 3.05) is 0 Å². The van der Waals surface area contributed by atoms with Gasteiger partial charge in [0, 0.05) is 16.7 Å². The second kappa shape index (κ2) is 8.79. The summed E-state index contributed by atoms with van der Waals surface area (Å²) < 4.78 is 28.3. The molecule has 0 spiro atoms. The van der Waals surface area contributed by atoms with Crippen molar-refractivity contribution in [1.82, 2.24) is 10.9 Å². The second-order valence-electron chi connectivity index (χ2n) is 4.73. The molecule has 130 valence electrons. The van der Waals surface area contributed by atoms with Gasteiger partial charge in [0.15, 0.2) is 0 Å². The van der Waals surface area contributed by atoms with Crippen molar-refractivity contribution < 1.29 is 23.1 Å². The summed E-state index contributed by atoms with van der Waals surface area (Å²) in [7, 11) is 0. The van der Waals surface area contributed by atoms with Crippen LogP contribution < -0.4 is 15.6 Å². The van der Waals surface area contributed by atoms with Crippen LogP contribution >= 0.6 is 11.6 Å². The zero-order chi connectivity index (χ0) is 18.2. The number of hydrogen-bond acceptors (Lipinski definition) is 3. The molecule has 0 bridgehead atoms. The van der Waals surface area contributed by atoms with Gasteiger partial charge in [-0.25, -0.2) is 0 Å². The highest BCUT2D eigenvalue weighted by Gasteiger charge is 2.06. The molecule has 0 aromatic heterocycles. The zero-order valence-corrected chi connectivity index (χ0v) is 13.5. The van der Waals surface area contributed by atoms with E-state index in [1.165, 1.54) is 42.5 Å². The number of carbonyl (C=O) groups is 2. The smallest absolute Gasteiger partial charge is 0.387 e. The topological polar surface area (TPSA) is 67.4 Å². The molecule has 0 fully saturated rings. The van der Waals surface area contributed by atoms with Gasteiger partial charge in [0.1, 0.15) is 5.75 Å². The first-order valence-electron chi connectivity index (χ1n) is 7.03. The van der Waals surface area contributed by atoms with Gasteiger partial charge in [0.2, 0.25) is 0 Å². The lowest BCUT2D eigenvalue weighted by Gasteiger charge is -2.05. The minimum Gasteiger partial charge on any atom is -0.435 e. The molecule has 2 N–H and O–H groups in total. The van der Waals surface area contributed by atoms with E-state index in [9.17, 15) is 18.4 Å². The van der Waals surface area contributed by atoms with Gasteiger partial charge in [-0.05, 0) is 42.0 Å². The summed E-state index contributed by atoms with van der Waals surface area (Å²) >= 11 is 5.78. The monoisotopic (exact) mass is 366 g/mol. The van der Waals surface area contributed by atoms with E-state index >= 15 is 0 Å². The number of alkyl halides is 2. The predicted octanol–water partition coefficient (Wildman–Crippen LogP) is 3.42. The van der Waals surface area contributed by atoms with Crippen molar-refractivity contribution in [3.8, 4) is 5.75 Å². The van der Waals surface area contributed by atoms with E-state index in [0.717, 1.165) is 0 Å². The fraction of sp³-hybridized carbons (Fsp3) is 0.0588. The molecule has 0 saturated carbocycles. The molecule has 2 rings (SSSR count). The maximum absolute atomic E-state index is 12.0. The fourth-order valence-electron chi connectivity index (χ4n) is 1.79. The van der Waals surface area contributed by atoms with Crippen LogP contribution in [0, 0.1) is 0 Å². The van der Waals surface area contributed by atoms with Gasteiger partial charge in [-0.1, -0.05) is 29.8 Å². The predicted molar refractivity (Wildman–Crippen MR) is 89.2 cm³/mol. The maximum Gasteiger partial charge on any atom is 0.387 e. The summed E-state index contributed by atoms with van der Waals surface area (Å²) in [5, 5.41) is 0.401. The molecule has 0 unspecified atom stereocenters. The summed E-state index contributed by atoms with van der Waals surface area (Å²) in [5.74, 6) is -1.06. The Hall–Kier alpha value is -2.93. The Labute approximate surface area is 147 Å². The van der Waals surface area contributed by atoms with Crippen LogP contribution in [0.25, 0.3) is 6.08 Å². The molecular formula is C17H13ClF2N2O3. The normalized spacial score (nSPS) is 10.7. The summed E-state index contributed by atoms with van der Waals surface area (Å²) in [5.41, 5.74) is 5.35. The lowest BCUT2D eigenvalue weighted by molar-refractivity contribution is -0.117. The number of nitrogens with one attached hydrogen (secondary N) is 2. The summed E-state index contributed by atoms with van der Waals surface area (Å²) in [4.78, 5) is 23.5. The first-order valence-corrected chi connectivity index (χ1v) is 7.40. The van der Waals surface area contributed by atoms with Gasteiger partial charge in [-0.15, -0.1) is 0 Å². The highest BCUT2D eigenvalue weighted by atomic mass is 35.5. The van der Waals surface area contributed by atoms with Crippen molar-refractivity contribution in [2.24, 2.45) is 0 Å². The van der Waals surface area contributed by atoms with Crippen molar-refractivity contribution in [3.05, 3.63) is 70.8 Å². The van der Waals surface area contributed by atoms with Gasteiger partial charge >= 0.3 is 6.61 Å². The number of halogens is 3. The van der Waals surface area contributed by atoms with Crippen LogP contribution in [0.5, 0.6) is 5.75 Å². The molecule has 0 atom stereocenters. The number of ether oxygens (including phenoxy) is 1. The highest BCUT2D eigenvalue weighted by Crippen LogP contribution is 2.15. The Morgan fingerprint density at radius 3 is 2.44 bits per heavy atom. The van der Waals surface area contributed by atoms with E-state index in [0.29, 0.717) is 16.1 Å². The molecule has 25 heavy (non-hydrogen) atoms. The maximum atomic E-state index is 12.0. The zero-order valence-electron chi connectivity index (χ0n) is 12.7. The molecule has 2 aromatic rings. The molecular weight excluding hydrogens is 354 g/mol. The largest absolute Gasteiger partial charge is 0.435 e. The Morgan fingerprint density at radius 1 is 1.08 bits per heavy atom. The van der Waals surface area contributed by atoms with Gasteiger partial charge in [-0.2, -0.15) is 8.78 Å². The number of hydrogen-bond donors (Lipinski definition) is 2. The lowest BCUT2D eigenvalue weighted by Crippen LogP contribution is -2.40. The van der Waals surface area contributed by atoms with Crippen molar-refractivity contribution in [1.29, 1.82) is 0 Å². The SMILES string of the molecule is O=C(/C=C/c1ccc(OC(F)F)cc1)NNC(=O)c1cccc(Cl)c1. The average molecular weight is 367 g/mol. The van der Waals surface area contributed by atoms with E-state index in [1.54, 1.807) is 18.2 Å². The Balaban J connectivity index is 1.85. The van der Waals surface area contributed by atoms with E-state index in [2.05, 4.69) is 15.6 Å². The Morgan fingerprint density at radius 2 is 1.80 bits per heavy atom. The number of carbonyl (C=O) groups excluding carboxylic acids is 2. The van der Waals surface area contributed by atoms with E-state index in [-0.39, 0.29) is 5.75 Å². The van der Waals surface area contributed by atoms with Crippen molar-refractivity contribution in [3.63, 3.8) is 0 Å². The summed E-state index contributed by atoms with van der Waals surface area (Å²) in [6, 6.07) is 12.0. The van der Waals surface area contributed by atoms with Crippen LogP contribution in [0.2, 0.25) is 5.02 Å². The standard InChI is InChI=1S/C17H13ClF2N2O3/c18-13-3-1-2-12(10-13)16(24)22-21-15(23)9-6-11-4-7-14(8-5-11)25-17(19)20/h1-10,17H,(H,21,23)(H,22,24)/b9-6+. The van der Waals surface area contributed by atoms with Gasteiger partial charge in [0.25, 0.3) is 11.8 Å². The fourth-order valence-corrected chi connectivity index (χ4v) is 1.98. The summed E-state index contributed by atoms with van der Waals surface area (Å²) in [6.07, 6.45) is 2.63. The Kier molecular flexibility index (Phi) is 6.47. The molecule has 8 heteroatoms. The Bertz CT molecular complexity index is 780.